The van der Waals surface area contributed by atoms with Gasteiger partial charge in [0.1, 0.15) is 0 Å². The van der Waals surface area contributed by atoms with E-state index in [9.17, 15) is 4.79 Å². The molecule has 0 heterocycles. The highest BCUT2D eigenvalue weighted by Crippen LogP contribution is 2.05. The fourth-order valence-electron chi connectivity index (χ4n) is 2.56. The normalized spacial score (nSPS) is 12.2. The summed E-state index contributed by atoms with van der Waals surface area (Å²) in [5.74, 6) is -0.0467. The molecular formula is C25H42O2. The maximum absolute atomic E-state index is 11.3. The third-order valence-corrected chi connectivity index (χ3v) is 4.18. The van der Waals surface area contributed by atoms with Crippen LogP contribution in [-0.4, -0.2) is 12.6 Å². The fourth-order valence-corrected chi connectivity index (χ4v) is 2.56. The summed E-state index contributed by atoms with van der Waals surface area (Å²) in [6, 6.07) is 0. The predicted octanol–water partition coefficient (Wildman–Crippen LogP) is 7.87. The van der Waals surface area contributed by atoms with Gasteiger partial charge in [0.25, 0.3) is 0 Å². The van der Waals surface area contributed by atoms with E-state index < -0.39 is 0 Å². The van der Waals surface area contributed by atoms with Gasteiger partial charge in [-0.1, -0.05) is 81.7 Å². The summed E-state index contributed by atoms with van der Waals surface area (Å²) in [5, 5.41) is 0. The number of allylic oxidation sites excluding steroid dienone is 8. The minimum absolute atomic E-state index is 0.0467. The van der Waals surface area contributed by atoms with Gasteiger partial charge in [-0.15, -0.1) is 0 Å². The number of carbonyl (C=O) groups is 1. The number of carbonyl (C=O) groups excluding carboxylic acids is 1. The predicted molar refractivity (Wildman–Crippen MR) is 119 cm³/mol. The maximum Gasteiger partial charge on any atom is 0.305 e. The lowest BCUT2D eigenvalue weighted by Gasteiger charge is -2.02. The van der Waals surface area contributed by atoms with Gasteiger partial charge in [-0.05, 0) is 57.8 Å². The Morgan fingerprint density at radius 3 is 1.67 bits per heavy atom. The van der Waals surface area contributed by atoms with Gasteiger partial charge in [-0.25, -0.2) is 0 Å². The van der Waals surface area contributed by atoms with Crippen LogP contribution in [0.1, 0.15) is 97.3 Å². The molecular weight excluding hydrogens is 332 g/mol. The third-order valence-electron chi connectivity index (χ3n) is 4.18. The van der Waals surface area contributed by atoms with E-state index in [1.165, 1.54) is 25.7 Å². The third kappa shape index (κ3) is 22.4. The molecule has 154 valence electrons. The Bertz CT molecular complexity index is 430. The summed E-state index contributed by atoms with van der Waals surface area (Å²) >= 11 is 0. The van der Waals surface area contributed by atoms with Crippen molar-refractivity contribution in [2.45, 2.75) is 97.3 Å². The number of esters is 1. The van der Waals surface area contributed by atoms with Gasteiger partial charge in [-0.3, -0.25) is 4.79 Å². The van der Waals surface area contributed by atoms with E-state index in [4.69, 9.17) is 4.74 Å². The Labute approximate surface area is 168 Å². The molecule has 0 spiro atoms. The van der Waals surface area contributed by atoms with E-state index in [1.54, 1.807) is 0 Å². The average Bonchev–Trinajstić information content (AvgIpc) is 2.68. The molecule has 0 aromatic rings. The number of rotatable bonds is 18. The standard InChI is InChI=1S/C25H42O2/c1-3-5-6-7-8-9-10-11-12-13-14-15-16-17-18-19-20-21-22-23-25(26)27-24-4-2/h8-9,11-12,14-15,17-18H,3-7,10,13,16,19-24H2,1-2H3/b9-8?,12-11?,15-14?,18-17-. The molecule has 0 unspecified atom stereocenters. The van der Waals surface area contributed by atoms with Crippen molar-refractivity contribution in [1.82, 2.24) is 0 Å². The maximum atomic E-state index is 11.3. The van der Waals surface area contributed by atoms with Crippen molar-refractivity contribution in [3.63, 3.8) is 0 Å². The van der Waals surface area contributed by atoms with Crippen LogP contribution in [0.2, 0.25) is 0 Å². The van der Waals surface area contributed by atoms with Gasteiger partial charge < -0.3 is 4.74 Å². The van der Waals surface area contributed by atoms with Crippen LogP contribution in [0.3, 0.4) is 0 Å². The first-order valence-corrected chi connectivity index (χ1v) is 11.1. The molecule has 0 aliphatic heterocycles. The quantitative estimate of drug-likeness (QED) is 0.139. The van der Waals surface area contributed by atoms with Crippen molar-refractivity contribution in [3.8, 4) is 0 Å². The summed E-state index contributed by atoms with van der Waals surface area (Å²) in [5.41, 5.74) is 0. The SMILES string of the molecule is CCCCCC=CCC=CCC=CC/C=C\CCCCCC(=O)OCCC. The number of hydrogen-bond acceptors (Lipinski definition) is 2. The van der Waals surface area contributed by atoms with Gasteiger partial charge >= 0.3 is 5.97 Å². The second-order valence-electron chi connectivity index (χ2n) is 6.91. The molecule has 0 aromatic carbocycles. The molecule has 0 aromatic heterocycles. The zero-order valence-corrected chi connectivity index (χ0v) is 17.8. The van der Waals surface area contributed by atoms with E-state index in [1.807, 2.05) is 6.92 Å². The van der Waals surface area contributed by atoms with E-state index in [2.05, 4.69) is 55.5 Å². The van der Waals surface area contributed by atoms with Crippen molar-refractivity contribution in [2.24, 2.45) is 0 Å². The van der Waals surface area contributed by atoms with E-state index in [0.717, 1.165) is 51.4 Å². The second-order valence-corrected chi connectivity index (χ2v) is 6.91. The first-order chi connectivity index (χ1) is 13.3. The first-order valence-electron chi connectivity index (χ1n) is 11.1. The highest BCUT2D eigenvalue weighted by Gasteiger charge is 2.00. The van der Waals surface area contributed by atoms with Gasteiger partial charge in [-0.2, -0.15) is 0 Å². The minimum atomic E-state index is -0.0467. The number of unbranched alkanes of at least 4 members (excludes halogenated alkanes) is 6. The lowest BCUT2D eigenvalue weighted by molar-refractivity contribution is -0.143. The summed E-state index contributed by atoms with van der Waals surface area (Å²) in [7, 11) is 0. The Morgan fingerprint density at radius 1 is 0.630 bits per heavy atom. The van der Waals surface area contributed by atoms with Crippen LogP contribution in [0.15, 0.2) is 48.6 Å². The zero-order valence-electron chi connectivity index (χ0n) is 17.8. The first kappa shape index (κ1) is 25.4. The largest absolute Gasteiger partial charge is 0.466 e. The summed E-state index contributed by atoms with van der Waals surface area (Å²) in [6.45, 7) is 4.81. The summed E-state index contributed by atoms with van der Waals surface area (Å²) in [6.07, 6.45) is 32.0. The molecule has 0 rings (SSSR count). The van der Waals surface area contributed by atoms with Crippen LogP contribution in [-0.2, 0) is 9.53 Å². The Kier molecular flexibility index (Phi) is 21.2. The molecule has 0 radical (unpaired) electrons. The molecule has 2 nitrogen and oxygen atoms in total. The van der Waals surface area contributed by atoms with Gasteiger partial charge in [0.15, 0.2) is 0 Å². The molecule has 0 atom stereocenters. The van der Waals surface area contributed by atoms with E-state index >= 15 is 0 Å². The Hall–Kier alpha value is -1.57. The summed E-state index contributed by atoms with van der Waals surface area (Å²) in [4.78, 5) is 11.3. The van der Waals surface area contributed by atoms with Gasteiger partial charge in [0.05, 0.1) is 6.61 Å². The Morgan fingerprint density at radius 2 is 1.15 bits per heavy atom. The molecule has 27 heavy (non-hydrogen) atoms. The van der Waals surface area contributed by atoms with Crippen molar-refractivity contribution in [1.29, 1.82) is 0 Å². The van der Waals surface area contributed by atoms with Crippen LogP contribution >= 0.6 is 0 Å². The van der Waals surface area contributed by atoms with Crippen molar-refractivity contribution >= 4 is 5.97 Å². The zero-order chi connectivity index (χ0) is 19.8. The van der Waals surface area contributed by atoms with E-state index in [-0.39, 0.29) is 5.97 Å². The van der Waals surface area contributed by atoms with E-state index in [0.29, 0.717) is 13.0 Å². The molecule has 0 aliphatic rings. The van der Waals surface area contributed by atoms with Crippen molar-refractivity contribution in [3.05, 3.63) is 48.6 Å². The molecule has 0 aliphatic carbocycles. The van der Waals surface area contributed by atoms with Crippen molar-refractivity contribution in [2.75, 3.05) is 6.61 Å². The highest BCUT2D eigenvalue weighted by atomic mass is 16.5. The average molecular weight is 375 g/mol. The van der Waals surface area contributed by atoms with Gasteiger partial charge in [0.2, 0.25) is 0 Å². The topological polar surface area (TPSA) is 26.3 Å². The molecule has 0 fully saturated rings. The van der Waals surface area contributed by atoms with Crippen LogP contribution in [0.4, 0.5) is 0 Å². The fraction of sp³-hybridized carbons (Fsp3) is 0.640. The molecule has 0 bridgehead atoms. The van der Waals surface area contributed by atoms with Crippen LogP contribution in [0.25, 0.3) is 0 Å². The van der Waals surface area contributed by atoms with Crippen molar-refractivity contribution < 1.29 is 9.53 Å². The number of hydrogen-bond donors (Lipinski definition) is 0. The molecule has 0 N–H and O–H groups in total. The number of ether oxygens (including phenoxy) is 1. The second kappa shape index (κ2) is 22.5. The Balaban J connectivity index is 3.40. The lowest BCUT2D eigenvalue weighted by atomic mass is 10.1. The molecule has 0 amide bonds. The van der Waals surface area contributed by atoms with Crippen LogP contribution in [0.5, 0.6) is 0 Å². The lowest BCUT2D eigenvalue weighted by Crippen LogP contribution is -2.04. The highest BCUT2D eigenvalue weighted by molar-refractivity contribution is 5.69. The molecule has 2 heteroatoms. The smallest absolute Gasteiger partial charge is 0.305 e. The minimum Gasteiger partial charge on any atom is -0.466 e. The molecule has 0 saturated carbocycles. The molecule has 0 saturated heterocycles. The van der Waals surface area contributed by atoms with Crippen LogP contribution < -0.4 is 0 Å². The van der Waals surface area contributed by atoms with Gasteiger partial charge in [0, 0.05) is 6.42 Å². The van der Waals surface area contributed by atoms with Crippen LogP contribution in [0, 0.1) is 0 Å². The summed E-state index contributed by atoms with van der Waals surface area (Å²) < 4.78 is 5.06. The monoisotopic (exact) mass is 374 g/mol.